The summed E-state index contributed by atoms with van der Waals surface area (Å²) in [5.41, 5.74) is 0.173. The Morgan fingerprint density at radius 1 is 0.900 bits per heavy atom. The number of benzene rings is 2. The topological polar surface area (TPSA) is 129 Å². The third-order valence-electron chi connectivity index (χ3n) is 2.79. The molecule has 0 fully saturated rings. The van der Waals surface area contributed by atoms with Crippen LogP contribution in [-0.2, 0) is 20.2 Å². The van der Waals surface area contributed by atoms with Crippen molar-refractivity contribution in [1.82, 2.24) is 0 Å². The summed E-state index contributed by atoms with van der Waals surface area (Å²) in [6.45, 7) is 1.40. The van der Waals surface area contributed by atoms with Crippen molar-refractivity contribution < 1.29 is 31.0 Å². The lowest BCUT2D eigenvalue weighted by molar-refractivity contribution is 0.470. The van der Waals surface area contributed by atoms with E-state index in [9.17, 15) is 26.5 Å². The summed E-state index contributed by atoms with van der Waals surface area (Å²) in [6.07, 6.45) is 0. The van der Waals surface area contributed by atoms with Gasteiger partial charge in [-0.25, -0.2) is 0 Å². The van der Waals surface area contributed by atoms with Gasteiger partial charge >= 0.3 is 0 Å². The van der Waals surface area contributed by atoms with E-state index in [1.807, 2.05) is 0 Å². The van der Waals surface area contributed by atoms with Crippen LogP contribution in [0.3, 0.4) is 0 Å². The molecule has 3 N–H and O–H groups in total. The van der Waals surface area contributed by atoms with Gasteiger partial charge < -0.3 is 5.11 Å². The second kappa shape index (κ2) is 4.42. The zero-order valence-corrected chi connectivity index (χ0v) is 11.7. The van der Waals surface area contributed by atoms with Gasteiger partial charge in [0.15, 0.2) is 0 Å². The molecule has 0 unspecified atom stereocenters. The SMILES string of the molecule is Cc1ccc2c(O)cc(S(=O)(=O)O)cc2c1S(=O)(=O)O. The van der Waals surface area contributed by atoms with Crippen LogP contribution in [0.2, 0.25) is 0 Å². The number of phenols is 1. The zero-order valence-electron chi connectivity index (χ0n) is 10.1. The second-order valence-electron chi connectivity index (χ2n) is 4.20. The van der Waals surface area contributed by atoms with Crippen molar-refractivity contribution in [2.75, 3.05) is 0 Å². The molecule has 0 spiro atoms. The minimum Gasteiger partial charge on any atom is -0.507 e. The molecule has 0 aliphatic rings. The average Bonchev–Trinajstić information content (AvgIpc) is 2.24. The first-order valence-electron chi connectivity index (χ1n) is 5.23. The van der Waals surface area contributed by atoms with E-state index in [2.05, 4.69) is 0 Å². The molecule has 2 rings (SSSR count). The Balaban J connectivity index is 3.08. The first-order valence-corrected chi connectivity index (χ1v) is 8.11. The van der Waals surface area contributed by atoms with Gasteiger partial charge in [-0.05, 0) is 18.6 Å². The lowest BCUT2D eigenvalue weighted by Crippen LogP contribution is -2.04. The predicted octanol–water partition coefficient (Wildman–Crippen LogP) is 1.35. The molecule has 20 heavy (non-hydrogen) atoms. The molecule has 0 aliphatic carbocycles. The zero-order chi connectivity index (χ0) is 15.3. The summed E-state index contributed by atoms with van der Waals surface area (Å²) in [4.78, 5) is -1.19. The van der Waals surface area contributed by atoms with E-state index >= 15 is 0 Å². The lowest BCUT2D eigenvalue weighted by atomic mass is 10.1. The minimum atomic E-state index is -4.63. The first kappa shape index (κ1) is 14.7. The quantitative estimate of drug-likeness (QED) is 0.713. The standard InChI is InChI=1S/C11H10O7S2/c1-6-2-3-8-9(11(6)20(16,17)18)4-7(5-10(8)12)19(13,14)15/h2-5,12H,1H3,(H,13,14,15)(H,16,17,18). The first-order chi connectivity index (χ1) is 9.01. The maximum atomic E-state index is 11.4. The molecule has 2 aromatic rings. The van der Waals surface area contributed by atoms with Gasteiger partial charge in [0.2, 0.25) is 0 Å². The van der Waals surface area contributed by atoms with E-state index in [4.69, 9.17) is 4.55 Å². The van der Waals surface area contributed by atoms with Crippen LogP contribution in [-0.4, -0.2) is 31.0 Å². The molecule has 7 nitrogen and oxygen atoms in total. The van der Waals surface area contributed by atoms with E-state index in [-0.39, 0.29) is 16.3 Å². The second-order valence-corrected chi connectivity index (χ2v) is 6.98. The molecule has 0 bridgehead atoms. The number of hydrogen-bond donors (Lipinski definition) is 3. The van der Waals surface area contributed by atoms with Gasteiger partial charge in [0.25, 0.3) is 20.2 Å². The molecule has 0 saturated carbocycles. The van der Waals surface area contributed by atoms with Crippen molar-refractivity contribution in [1.29, 1.82) is 0 Å². The molecule has 0 aromatic heterocycles. The van der Waals surface area contributed by atoms with Crippen LogP contribution in [0, 0.1) is 6.92 Å². The smallest absolute Gasteiger partial charge is 0.295 e. The van der Waals surface area contributed by atoms with E-state index in [1.54, 1.807) is 0 Å². The molecule has 108 valence electrons. The Kier molecular flexibility index (Phi) is 3.25. The van der Waals surface area contributed by atoms with E-state index < -0.39 is 35.8 Å². The molecule has 9 heteroatoms. The highest BCUT2D eigenvalue weighted by Crippen LogP contribution is 2.34. The van der Waals surface area contributed by atoms with Gasteiger partial charge in [-0.1, -0.05) is 12.1 Å². The normalized spacial score (nSPS) is 12.8. The van der Waals surface area contributed by atoms with Crippen LogP contribution in [0.5, 0.6) is 5.75 Å². The highest BCUT2D eigenvalue weighted by molar-refractivity contribution is 7.86. The summed E-state index contributed by atoms with van der Waals surface area (Å²) in [5.74, 6) is -0.528. The predicted molar refractivity (Wildman–Crippen MR) is 70.0 cm³/mol. The van der Waals surface area contributed by atoms with Crippen molar-refractivity contribution in [2.24, 2.45) is 0 Å². The Morgan fingerprint density at radius 2 is 1.50 bits per heavy atom. The van der Waals surface area contributed by atoms with Crippen molar-refractivity contribution >= 4 is 31.0 Å². The lowest BCUT2D eigenvalue weighted by Gasteiger charge is -2.10. The summed E-state index contributed by atoms with van der Waals surface area (Å²) in [5, 5.41) is 9.59. The maximum absolute atomic E-state index is 11.4. The number of fused-ring (bicyclic) bond motifs is 1. The van der Waals surface area contributed by atoms with Gasteiger partial charge in [-0.2, -0.15) is 16.8 Å². The summed E-state index contributed by atoms with van der Waals surface area (Å²) >= 11 is 0. The summed E-state index contributed by atoms with van der Waals surface area (Å²) < 4.78 is 63.2. The van der Waals surface area contributed by atoms with Crippen LogP contribution in [0.1, 0.15) is 5.56 Å². The number of aromatic hydroxyl groups is 1. The van der Waals surface area contributed by atoms with Crippen LogP contribution in [0.25, 0.3) is 10.8 Å². The van der Waals surface area contributed by atoms with Crippen LogP contribution < -0.4 is 0 Å². The average molecular weight is 318 g/mol. The molecule has 0 atom stereocenters. The van der Waals surface area contributed by atoms with Crippen molar-refractivity contribution in [3.05, 3.63) is 29.8 Å². The Bertz CT molecular complexity index is 911. The Hall–Kier alpha value is -1.68. The fraction of sp³-hybridized carbons (Fsp3) is 0.0909. The van der Waals surface area contributed by atoms with E-state index in [0.717, 1.165) is 12.1 Å². The number of phenolic OH excluding ortho intramolecular Hbond substituents is 1. The number of rotatable bonds is 2. The van der Waals surface area contributed by atoms with Crippen molar-refractivity contribution in [3.63, 3.8) is 0 Å². The van der Waals surface area contributed by atoms with Gasteiger partial charge in [0, 0.05) is 16.8 Å². The highest BCUT2D eigenvalue weighted by Gasteiger charge is 2.21. The van der Waals surface area contributed by atoms with Gasteiger partial charge in [0.05, 0.1) is 4.90 Å². The van der Waals surface area contributed by atoms with Crippen molar-refractivity contribution in [3.8, 4) is 5.75 Å². The molecule has 0 heterocycles. The Labute approximate surface area is 115 Å². The van der Waals surface area contributed by atoms with Gasteiger partial charge in [0.1, 0.15) is 10.6 Å². The summed E-state index contributed by atoms with van der Waals surface area (Å²) in [6, 6.07) is 4.40. The molecule has 0 radical (unpaired) electrons. The fourth-order valence-electron chi connectivity index (χ4n) is 1.96. The number of hydrogen-bond acceptors (Lipinski definition) is 5. The molecular weight excluding hydrogens is 308 g/mol. The van der Waals surface area contributed by atoms with Crippen molar-refractivity contribution in [2.45, 2.75) is 16.7 Å². The molecular formula is C11H10O7S2. The largest absolute Gasteiger partial charge is 0.507 e. The monoisotopic (exact) mass is 318 g/mol. The third kappa shape index (κ3) is 2.48. The molecule has 2 aromatic carbocycles. The van der Waals surface area contributed by atoms with E-state index in [1.165, 1.54) is 19.1 Å². The molecule has 0 amide bonds. The van der Waals surface area contributed by atoms with E-state index in [0.29, 0.717) is 0 Å². The number of aryl methyl sites for hydroxylation is 1. The fourth-order valence-corrected chi connectivity index (χ4v) is 3.41. The van der Waals surface area contributed by atoms with Gasteiger partial charge in [-0.3, -0.25) is 9.11 Å². The van der Waals surface area contributed by atoms with Crippen LogP contribution in [0.4, 0.5) is 0 Å². The Morgan fingerprint density at radius 3 is 2.00 bits per heavy atom. The summed E-state index contributed by atoms with van der Waals surface area (Å²) in [7, 11) is -9.26. The van der Waals surface area contributed by atoms with Crippen LogP contribution in [0.15, 0.2) is 34.1 Å². The van der Waals surface area contributed by atoms with Gasteiger partial charge in [-0.15, -0.1) is 0 Å². The third-order valence-corrected chi connectivity index (χ3v) is 4.68. The van der Waals surface area contributed by atoms with Crippen LogP contribution >= 0.6 is 0 Å². The molecule has 0 aliphatic heterocycles. The molecule has 0 saturated heterocycles. The maximum Gasteiger partial charge on any atom is 0.295 e. The minimum absolute atomic E-state index is 0.0376. The highest BCUT2D eigenvalue weighted by atomic mass is 32.2.